The first-order chi connectivity index (χ1) is 69.6. The molecule has 0 saturated carbocycles. The zero-order valence-electron chi connectivity index (χ0n) is 93.1. The molecule has 0 unspecified atom stereocenters. The lowest BCUT2D eigenvalue weighted by atomic mass is 9.99. The summed E-state index contributed by atoms with van der Waals surface area (Å²) >= 11 is 0. The molecule has 1 amide bonds. The number of hydrogen-bond donors (Lipinski definition) is 0. The molecule has 1 fully saturated rings. The van der Waals surface area contributed by atoms with Gasteiger partial charge in [-0.05, 0) is 302 Å². The van der Waals surface area contributed by atoms with Gasteiger partial charge in [-0.25, -0.2) is 4.98 Å². The number of rotatable bonds is 13. The predicted molar refractivity (Wildman–Crippen MR) is 621 cm³/mol. The fourth-order valence-electron chi connectivity index (χ4n) is 18.6. The Bertz CT molecular complexity index is 6970. The lowest BCUT2D eigenvalue weighted by Gasteiger charge is -2.32. The van der Waals surface area contributed by atoms with E-state index in [1.165, 1.54) is 151 Å². The number of nitrogens with zero attached hydrogens (tertiary/aromatic N) is 16. The van der Waals surface area contributed by atoms with Gasteiger partial charge in [-0.3, -0.25) is 54.2 Å². The van der Waals surface area contributed by atoms with E-state index in [9.17, 15) is 9.59 Å². The fraction of sp³-hybridized carbons (Fsp3) is 0.406. The molecule has 18 nitrogen and oxygen atoms in total. The maximum atomic E-state index is 12.6. The summed E-state index contributed by atoms with van der Waals surface area (Å²) in [4.78, 5) is 69.1. The second kappa shape index (κ2) is 51.6. The highest BCUT2D eigenvalue weighted by atomic mass is 16.2. The molecule has 22 rings (SSSR count). The van der Waals surface area contributed by atoms with Crippen molar-refractivity contribution in [3.05, 3.63) is 321 Å². The Labute approximate surface area is 872 Å². The second-order valence-corrected chi connectivity index (χ2v) is 43.3. The van der Waals surface area contributed by atoms with Crippen molar-refractivity contribution in [1.82, 2.24) is 43.2 Å². The lowest BCUT2D eigenvalue weighted by molar-refractivity contribution is 0.0663. The number of aryl methyl sites for hydroxylation is 6. The molecule has 766 valence electrons. The molecule has 1 saturated heterocycles. The van der Waals surface area contributed by atoms with Crippen molar-refractivity contribution in [1.29, 1.82) is 0 Å². The Morgan fingerprint density at radius 1 is 0.329 bits per heavy atom. The Hall–Kier alpha value is -13.3. The van der Waals surface area contributed by atoms with E-state index in [-0.39, 0.29) is 11.7 Å². The molecule has 18 heteroatoms. The number of Topliss-reactive ketones (excluding diaryl/α,β-unsaturated/α-hetero) is 1. The van der Waals surface area contributed by atoms with Gasteiger partial charge in [-0.2, -0.15) is 5.10 Å². The zero-order chi connectivity index (χ0) is 106. The minimum absolute atomic E-state index is 0.121. The van der Waals surface area contributed by atoms with Crippen molar-refractivity contribution in [3.63, 3.8) is 0 Å². The van der Waals surface area contributed by atoms with Crippen molar-refractivity contribution in [2.75, 3.05) is 33.2 Å². The van der Waals surface area contributed by atoms with Crippen LogP contribution in [0.2, 0.25) is 0 Å². The van der Waals surface area contributed by atoms with Gasteiger partial charge in [0.15, 0.2) is 5.78 Å². The van der Waals surface area contributed by atoms with Crippen LogP contribution in [0.4, 0.5) is 39.8 Å². The van der Waals surface area contributed by atoms with Crippen LogP contribution in [0.15, 0.2) is 272 Å². The van der Waals surface area contributed by atoms with Gasteiger partial charge in [0, 0.05) is 195 Å². The summed E-state index contributed by atoms with van der Waals surface area (Å²) < 4.78 is 8.74. The first-order valence-corrected chi connectivity index (χ1v) is 53.2. The highest BCUT2D eigenvalue weighted by Gasteiger charge is 2.27. The highest BCUT2D eigenvalue weighted by molar-refractivity contribution is 6.02. The van der Waals surface area contributed by atoms with E-state index in [0.29, 0.717) is 65.5 Å². The number of hydrogen-bond acceptors (Lipinski definition) is 13. The van der Waals surface area contributed by atoms with Crippen LogP contribution in [0.3, 0.4) is 0 Å². The lowest BCUT2D eigenvalue weighted by Crippen LogP contribution is -2.47. The molecule has 146 heavy (non-hydrogen) atoms. The fourth-order valence-corrected chi connectivity index (χ4v) is 18.6. The van der Waals surface area contributed by atoms with E-state index in [1.807, 2.05) is 88.7 Å². The molecule has 8 aliphatic heterocycles. The third-order valence-electron chi connectivity index (χ3n) is 27.7. The number of aliphatic imine (C=N–C) groups is 7. The monoisotopic (exact) mass is 1960 g/mol. The van der Waals surface area contributed by atoms with E-state index in [1.54, 1.807) is 13.1 Å². The number of carbonyl (C=O) groups excluding carboxylic acids is 2. The number of fused-ring (bicyclic) bond motifs is 10. The molecule has 0 atom stereocenters. The summed E-state index contributed by atoms with van der Waals surface area (Å²) in [6.45, 7) is 63.9. The number of para-hydroxylation sites is 4. The van der Waals surface area contributed by atoms with Crippen LogP contribution in [-0.2, 0) is 52.0 Å². The number of piperazine rings is 1. The summed E-state index contributed by atoms with van der Waals surface area (Å²) in [5, 5.41) is 6.70. The average molecular weight is 1960 g/mol. The third-order valence-corrected chi connectivity index (χ3v) is 27.7. The Kier molecular flexibility index (Phi) is 39.4. The minimum Gasteiger partial charge on any atom is -0.345 e. The topological polar surface area (TPSA) is 186 Å². The van der Waals surface area contributed by atoms with Crippen LogP contribution in [0.1, 0.15) is 277 Å². The molecule has 0 bridgehead atoms. The zero-order valence-corrected chi connectivity index (χ0v) is 93.1. The van der Waals surface area contributed by atoms with Crippen LogP contribution in [-0.4, -0.2) is 128 Å². The molecule has 0 radical (unpaired) electrons. The molecular weight excluding hydrogens is 1790 g/mol. The molecule has 0 spiro atoms. The molecule has 5 aromatic heterocycles. The van der Waals surface area contributed by atoms with Gasteiger partial charge in [0.1, 0.15) is 5.82 Å². The number of benzene rings is 9. The highest BCUT2D eigenvalue weighted by Crippen LogP contribution is 2.38. The van der Waals surface area contributed by atoms with Gasteiger partial charge in [-0.1, -0.05) is 219 Å². The Morgan fingerprint density at radius 3 is 1.26 bits per heavy atom. The maximum absolute atomic E-state index is 12.6. The van der Waals surface area contributed by atoms with Crippen LogP contribution in [0, 0.1) is 76.0 Å². The standard InChI is InChI=1S/C17H23N3O.C13H15NO.5C12H15N.C11H14N2.C11H13N.C10H12N2.C6H10N2/c1-12(2)16-11-14-10-13(4-5-15(14)18-16)17(21)20-8-6-19(3)7-9-20;1-8(2)13-7-11-6-10(9(3)15)4-5-12(11)14-13;2*1-8(2)12-7-10-6-9(3)4-5-11(10)13-12;1-8(2)11-7-10-5-4-9(3)6-12(10)13-11;1-8(2)12-7-10-9(3)5-4-6-11(10)13-12;1-9(2)13-10(3)8-11-6-4-5-7-12(11)13;1-8(2)11-12-9-6-4-5-7-10(9)13(11)3;1-9(2)12-8-7-10-5-3-4-6-11(10)12;1-7(2)9-6-10-8(12-9)4-3-5-11-10;1-6(2)8-5-3-4-7-8/h4-5,10,12H,6-9,11H2,1-3H3;4-6,8H,7H2,1-3H3;4*4-6,8H,7H2,1-3H3;4-9H,1-3H3;4-8H,1-3H3;3-9H,1-2H3;3-5,7H,6H2,1-2H3;3-6H,1-2H3. The van der Waals surface area contributed by atoms with Gasteiger partial charge in [-0.15, -0.1) is 0 Å². The SMILES string of the molecule is CC(=O)c1ccc2c(c1)CC(C(C)C)=N2.CC(C)C1=Nc2ccc(C(=O)N3CCN(C)CC3)cc2C1.CC(C)C1=Nc2cccnc2C1.CC(C)c1nc2ccccc2n1C.CC(C)n1ccc2ccccc21.CC(C)n1cccn1.Cc1cc2ccccc2n1C(C)C.Cc1ccc2c(c1)CC(C(C)C)=N2.Cc1ccc2c(c1)CC(C(C)C)=N2.Cc1ccc2c(c1)N=C(C(C)C)C2.Cc1cccc2c1CC(C(C)C)=N2. The van der Waals surface area contributed by atoms with E-state index >= 15 is 0 Å². The maximum Gasteiger partial charge on any atom is 0.253 e. The van der Waals surface area contributed by atoms with E-state index in [4.69, 9.17) is 0 Å². The number of aromatic nitrogens is 7. The van der Waals surface area contributed by atoms with Crippen molar-refractivity contribution >= 4 is 124 Å². The van der Waals surface area contributed by atoms with Gasteiger partial charge < -0.3 is 23.5 Å². The van der Waals surface area contributed by atoms with E-state index in [2.05, 4.69) is 421 Å². The third kappa shape index (κ3) is 29.8. The Balaban J connectivity index is 0.000000144. The van der Waals surface area contributed by atoms with Crippen molar-refractivity contribution in [3.8, 4) is 0 Å². The van der Waals surface area contributed by atoms with Gasteiger partial charge in [0.25, 0.3) is 5.91 Å². The smallest absolute Gasteiger partial charge is 0.253 e. The summed E-state index contributed by atoms with van der Waals surface area (Å²) in [6, 6.07) is 74.7. The molecule has 14 aromatic rings. The van der Waals surface area contributed by atoms with E-state index < -0.39 is 0 Å². The predicted octanol–water partition coefficient (Wildman–Crippen LogP) is 31.9. The number of likely N-dealkylation sites (N-methyl/N-ethyl adjacent to an activating group) is 1. The number of amides is 1. The van der Waals surface area contributed by atoms with Crippen LogP contribution < -0.4 is 0 Å². The van der Waals surface area contributed by atoms with Crippen LogP contribution in [0.5, 0.6) is 0 Å². The van der Waals surface area contributed by atoms with Crippen LogP contribution >= 0.6 is 0 Å². The van der Waals surface area contributed by atoms with Crippen LogP contribution in [0.25, 0.3) is 32.8 Å². The van der Waals surface area contributed by atoms with Gasteiger partial charge >= 0.3 is 0 Å². The number of carbonyl (C=O) groups is 2. The molecule has 13 heterocycles. The summed E-state index contributed by atoms with van der Waals surface area (Å²) in [5.74, 6) is 5.71. The molecule has 0 aliphatic carbocycles. The van der Waals surface area contributed by atoms with Crippen molar-refractivity contribution in [2.24, 2.45) is 83.4 Å². The number of pyridine rings is 1. The normalized spacial score (nSPS) is 14.1. The quantitative estimate of drug-likeness (QED) is 0.103. The average Bonchev–Trinajstić information content (AvgIpc) is 1.64. The summed E-state index contributed by atoms with van der Waals surface area (Å²) in [7, 11) is 4.17. The molecule has 0 N–H and O–H groups in total. The molecule has 8 aliphatic rings. The van der Waals surface area contributed by atoms with Gasteiger partial charge in [0.2, 0.25) is 0 Å². The van der Waals surface area contributed by atoms with Gasteiger partial charge in [0.05, 0.1) is 56.5 Å². The molecular formula is C128H162N16O2. The minimum atomic E-state index is 0.121. The number of ketones is 1. The number of imidazole rings is 1. The van der Waals surface area contributed by atoms with E-state index in [0.717, 1.165) is 116 Å². The first kappa shape index (κ1) is 111. The largest absolute Gasteiger partial charge is 0.345 e. The van der Waals surface area contributed by atoms with Crippen molar-refractivity contribution in [2.45, 2.75) is 263 Å². The molecule has 9 aromatic carbocycles. The Morgan fingerprint density at radius 2 is 0.774 bits per heavy atom. The summed E-state index contributed by atoms with van der Waals surface area (Å²) in [5.41, 5.74) is 39.1. The first-order valence-electron chi connectivity index (χ1n) is 53.2. The summed E-state index contributed by atoms with van der Waals surface area (Å²) in [6.07, 6.45) is 14.7. The second-order valence-electron chi connectivity index (χ2n) is 43.3. The van der Waals surface area contributed by atoms with Crippen molar-refractivity contribution < 1.29 is 9.59 Å².